The Morgan fingerprint density at radius 3 is 1.88 bits per heavy atom. The van der Waals surface area contributed by atoms with Crippen LogP contribution in [0.3, 0.4) is 0 Å². The lowest BCUT2D eigenvalue weighted by Gasteiger charge is -2.35. The van der Waals surface area contributed by atoms with Crippen LogP contribution in [0.15, 0.2) is 72.8 Å². The number of alkyl carbamates (subject to hydrolysis) is 1. The number of phenols is 1. The third kappa shape index (κ3) is 12.0. The summed E-state index contributed by atoms with van der Waals surface area (Å²) in [4.78, 5) is 57.1. The molecule has 10 nitrogen and oxygen atoms in total. The molecule has 0 fully saturated rings. The van der Waals surface area contributed by atoms with Gasteiger partial charge in [0.15, 0.2) is 0 Å². The maximum atomic E-state index is 14.6. The highest BCUT2D eigenvalue weighted by atomic mass is 16.6. The van der Waals surface area contributed by atoms with E-state index in [0.29, 0.717) is 11.1 Å². The molecule has 0 aromatic heterocycles. The third-order valence-corrected chi connectivity index (χ3v) is 7.56. The summed E-state index contributed by atoms with van der Waals surface area (Å²) < 4.78 is 11.2. The summed E-state index contributed by atoms with van der Waals surface area (Å²) in [6.07, 6.45) is -0.559. The number of nitrogens with one attached hydrogen (secondary N) is 2. The van der Waals surface area contributed by atoms with Crippen molar-refractivity contribution >= 4 is 23.9 Å². The van der Waals surface area contributed by atoms with Crippen molar-refractivity contribution in [3.8, 4) is 5.75 Å². The van der Waals surface area contributed by atoms with E-state index in [9.17, 15) is 24.3 Å². The molecular formula is C39H51N3O7. The van der Waals surface area contributed by atoms with Crippen molar-refractivity contribution in [2.24, 2.45) is 0 Å². The molecule has 0 aliphatic rings. The highest BCUT2D eigenvalue weighted by Crippen LogP contribution is 2.28. The molecule has 0 bridgehead atoms. The highest BCUT2D eigenvalue weighted by molar-refractivity contribution is 5.94. The minimum Gasteiger partial charge on any atom is -0.508 e. The standard InChI is InChI=1S/C39H51N3O7/c1-10-42(35(45)31(41-37(47)49-39(7,8)9)23-28-17-19-29(43)20-18-28)33(30-21-16-25(2)22-26(30)3)34(44)40-32(36(46)48-38(4,5)6)24-27-14-12-11-13-15-27/h11-22,31-33,43H,10,23-24H2,1-9H3,(H,40,44)(H,41,47). The van der Waals surface area contributed by atoms with Gasteiger partial charge >= 0.3 is 12.1 Å². The lowest BCUT2D eigenvalue weighted by molar-refractivity contribution is -0.159. The molecule has 0 saturated heterocycles. The van der Waals surface area contributed by atoms with Crippen LogP contribution in [0.1, 0.15) is 82.3 Å². The van der Waals surface area contributed by atoms with E-state index in [2.05, 4.69) is 10.6 Å². The number of amides is 3. The van der Waals surface area contributed by atoms with Crippen LogP contribution in [-0.2, 0) is 36.7 Å². The van der Waals surface area contributed by atoms with Crippen molar-refractivity contribution < 1.29 is 33.8 Å². The number of carbonyl (C=O) groups is 4. The van der Waals surface area contributed by atoms with Crippen molar-refractivity contribution in [2.45, 2.75) is 104 Å². The van der Waals surface area contributed by atoms with E-state index < -0.39 is 53.2 Å². The molecule has 0 spiro atoms. The summed E-state index contributed by atoms with van der Waals surface area (Å²) in [5.41, 5.74) is 2.19. The molecule has 3 aromatic carbocycles. The van der Waals surface area contributed by atoms with Gasteiger partial charge in [0.05, 0.1) is 0 Å². The van der Waals surface area contributed by atoms with Crippen LogP contribution in [-0.4, -0.2) is 63.7 Å². The quantitative estimate of drug-likeness (QED) is 0.198. The Balaban J connectivity index is 2.08. The van der Waals surface area contributed by atoms with Crippen LogP contribution in [0.4, 0.5) is 4.79 Å². The maximum absolute atomic E-state index is 14.6. The Hall–Kier alpha value is -4.86. The second-order valence-corrected chi connectivity index (χ2v) is 14.2. The molecule has 0 aliphatic carbocycles. The maximum Gasteiger partial charge on any atom is 0.408 e. The van der Waals surface area contributed by atoms with Gasteiger partial charge in [0.25, 0.3) is 0 Å². The summed E-state index contributed by atoms with van der Waals surface area (Å²) in [5.74, 6) is -1.65. The van der Waals surface area contributed by atoms with E-state index in [-0.39, 0.29) is 25.1 Å². The fourth-order valence-electron chi connectivity index (χ4n) is 5.43. The average Bonchev–Trinajstić information content (AvgIpc) is 2.99. The second-order valence-electron chi connectivity index (χ2n) is 14.2. The number of hydrogen-bond acceptors (Lipinski definition) is 7. The Bertz CT molecular complexity index is 1590. The van der Waals surface area contributed by atoms with Crippen molar-refractivity contribution in [2.75, 3.05) is 6.54 Å². The molecule has 3 atom stereocenters. The number of aromatic hydroxyl groups is 1. The predicted octanol–water partition coefficient (Wildman–Crippen LogP) is 6.10. The van der Waals surface area contributed by atoms with Gasteiger partial charge in [0, 0.05) is 19.4 Å². The van der Waals surface area contributed by atoms with E-state index in [0.717, 1.165) is 16.7 Å². The van der Waals surface area contributed by atoms with Crippen LogP contribution in [0.2, 0.25) is 0 Å². The zero-order valence-electron chi connectivity index (χ0n) is 30.1. The second kappa shape index (κ2) is 16.5. The Labute approximate surface area is 290 Å². The van der Waals surface area contributed by atoms with Crippen LogP contribution >= 0.6 is 0 Å². The molecule has 10 heteroatoms. The van der Waals surface area contributed by atoms with Gasteiger partial charge in [-0.25, -0.2) is 9.59 Å². The molecular weight excluding hydrogens is 622 g/mol. The first-order valence-electron chi connectivity index (χ1n) is 16.6. The Kier molecular flexibility index (Phi) is 13.0. The fraction of sp³-hybridized carbons (Fsp3) is 0.436. The molecule has 3 N–H and O–H groups in total. The number of phenolic OH excluding ortho intramolecular Hbond substituents is 1. The molecule has 0 saturated carbocycles. The van der Waals surface area contributed by atoms with E-state index in [1.54, 1.807) is 66.7 Å². The summed E-state index contributed by atoms with van der Waals surface area (Å²) in [7, 11) is 0. The van der Waals surface area contributed by atoms with Crippen molar-refractivity contribution in [3.63, 3.8) is 0 Å². The van der Waals surface area contributed by atoms with Gasteiger partial charge in [-0.3, -0.25) is 9.59 Å². The number of ether oxygens (including phenoxy) is 2. The fourth-order valence-corrected chi connectivity index (χ4v) is 5.43. The Morgan fingerprint density at radius 1 is 0.755 bits per heavy atom. The first kappa shape index (κ1) is 38.6. The highest BCUT2D eigenvalue weighted by Gasteiger charge is 2.38. The number of likely N-dealkylation sites (N-methyl/N-ethyl adjacent to an activating group) is 1. The number of hydrogen-bond donors (Lipinski definition) is 3. The average molecular weight is 674 g/mol. The van der Waals surface area contributed by atoms with E-state index in [1.807, 2.05) is 56.3 Å². The molecule has 0 radical (unpaired) electrons. The lowest BCUT2D eigenvalue weighted by atomic mass is 9.95. The van der Waals surface area contributed by atoms with Gasteiger partial charge < -0.3 is 30.1 Å². The molecule has 0 heterocycles. The Morgan fingerprint density at radius 2 is 1.33 bits per heavy atom. The summed E-state index contributed by atoms with van der Waals surface area (Å²) in [5, 5.41) is 15.5. The SMILES string of the molecule is CCN(C(=O)C(Cc1ccc(O)cc1)NC(=O)OC(C)(C)C)C(C(=O)NC(Cc1ccccc1)C(=O)OC(C)(C)C)c1ccc(C)cc1C. The van der Waals surface area contributed by atoms with Crippen LogP contribution in [0.5, 0.6) is 5.75 Å². The zero-order chi connectivity index (χ0) is 36.5. The first-order chi connectivity index (χ1) is 22.9. The monoisotopic (exact) mass is 673 g/mol. The van der Waals surface area contributed by atoms with Crippen molar-refractivity contribution in [1.29, 1.82) is 0 Å². The first-order valence-corrected chi connectivity index (χ1v) is 16.6. The summed E-state index contributed by atoms with van der Waals surface area (Å²) >= 11 is 0. The van der Waals surface area contributed by atoms with Gasteiger partial charge in [-0.2, -0.15) is 0 Å². The lowest BCUT2D eigenvalue weighted by Crippen LogP contribution is -2.55. The van der Waals surface area contributed by atoms with Crippen LogP contribution in [0, 0.1) is 13.8 Å². The minimum atomic E-state index is -1.17. The number of benzene rings is 3. The summed E-state index contributed by atoms with van der Waals surface area (Å²) in [6, 6.07) is 17.9. The van der Waals surface area contributed by atoms with Crippen LogP contribution in [0.25, 0.3) is 0 Å². The van der Waals surface area contributed by atoms with Gasteiger partial charge in [-0.1, -0.05) is 66.2 Å². The summed E-state index contributed by atoms with van der Waals surface area (Å²) in [6.45, 7) is 16.1. The third-order valence-electron chi connectivity index (χ3n) is 7.56. The number of aryl methyl sites for hydroxylation is 2. The number of carbonyl (C=O) groups excluding carboxylic acids is 4. The molecule has 0 aliphatic heterocycles. The number of rotatable bonds is 12. The molecule has 264 valence electrons. The largest absolute Gasteiger partial charge is 0.508 e. The van der Waals surface area contributed by atoms with Gasteiger partial charge in [0.2, 0.25) is 11.8 Å². The van der Waals surface area contributed by atoms with E-state index >= 15 is 0 Å². The predicted molar refractivity (Wildman–Crippen MR) is 189 cm³/mol. The molecule has 3 unspecified atom stereocenters. The number of nitrogens with zero attached hydrogens (tertiary/aromatic N) is 1. The molecule has 3 aromatic rings. The normalized spacial score (nSPS) is 13.4. The smallest absolute Gasteiger partial charge is 0.408 e. The van der Waals surface area contributed by atoms with E-state index in [1.165, 1.54) is 17.0 Å². The molecule has 49 heavy (non-hydrogen) atoms. The van der Waals surface area contributed by atoms with Crippen molar-refractivity contribution in [3.05, 3.63) is 101 Å². The van der Waals surface area contributed by atoms with Gasteiger partial charge in [-0.05, 0) is 96.7 Å². The topological polar surface area (TPSA) is 134 Å². The van der Waals surface area contributed by atoms with Gasteiger partial charge in [-0.15, -0.1) is 0 Å². The van der Waals surface area contributed by atoms with Crippen molar-refractivity contribution in [1.82, 2.24) is 15.5 Å². The zero-order valence-corrected chi connectivity index (χ0v) is 30.1. The molecule has 3 amide bonds. The van der Waals surface area contributed by atoms with Gasteiger partial charge in [0.1, 0.15) is 35.1 Å². The minimum absolute atomic E-state index is 0.0588. The number of esters is 1. The van der Waals surface area contributed by atoms with Crippen LogP contribution < -0.4 is 10.6 Å². The molecule has 3 rings (SSSR count). The van der Waals surface area contributed by atoms with E-state index in [4.69, 9.17) is 9.47 Å².